The maximum atomic E-state index is 13.4. The number of aromatic nitrogens is 2. The quantitative estimate of drug-likeness (QED) is 0.910. The van der Waals surface area contributed by atoms with Gasteiger partial charge < -0.3 is 5.73 Å². The molecule has 2 aromatic rings. The lowest BCUT2D eigenvalue weighted by Crippen LogP contribution is -2.07. The molecule has 1 aromatic carbocycles. The summed E-state index contributed by atoms with van der Waals surface area (Å²) in [5.74, 6) is 0.266. The van der Waals surface area contributed by atoms with Gasteiger partial charge in [-0.3, -0.25) is 0 Å². The van der Waals surface area contributed by atoms with E-state index < -0.39 is 0 Å². The van der Waals surface area contributed by atoms with E-state index in [2.05, 4.69) is 21.0 Å². The van der Waals surface area contributed by atoms with E-state index in [0.29, 0.717) is 17.9 Å². The summed E-state index contributed by atoms with van der Waals surface area (Å²) >= 11 is 3.29. The third-order valence-corrected chi connectivity index (χ3v) is 2.57. The Labute approximate surface area is 94.8 Å². The minimum Gasteiger partial charge on any atom is -0.384 e. The van der Waals surface area contributed by atoms with Gasteiger partial charge in [0.25, 0.3) is 0 Å². The average Bonchev–Trinajstić information content (AvgIpc) is 2.58. The molecule has 0 radical (unpaired) electrons. The summed E-state index contributed by atoms with van der Waals surface area (Å²) in [5.41, 5.74) is 6.20. The predicted molar refractivity (Wildman–Crippen MR) is 59.8 cm³/mol. The summed E-state index contributed by atoms with van der Waals surface area (Å²) in [6, 6.07) is 6.47. The number of rotatable bonds is 2. The van der Waals surface area contributed by atoms with Gasteiger partial charge in [-0.25, -0.2) is 9.07 Å². The lowest BCUT2D eigenvalue weighted by molar-refractivity contribution is 0.587. The molecular weight excluding hydrogens is 261 g/mol. The Hall–Kier alpha value is -1.36. The standard InChI is InChI=1S/C10H9BrFN3/c11-8-1-2-9(12)7(5-8)6-15-10(13)3-4-14-15/h1-5H,6,13H2. The summed E-state index contributed by atoms with van der Waals surface area (Å²) in [5, 5.41) is 3.99. The lowest BCUT2D eigenvalue weighted by atomic mass is 10.2. The second kappa shape index (κ2) is 4.02. The van der Waals surface area contributed by atoms with Crippen LogP contribution in [0.4, 0.5) is 10.2 Å². The molecule has 0 fully saturated rings. The van der Waals surface area contributed by atoms with Gasteiger partial charge in [-0.2, -0.15) is 5.10 Å². The minimum atomic E-state index is -0.256. The first-order valence-corrected chi connectivity index (χ1v) is 5.17. The van der Waals surface area contributed by atoms with Crippen molar-refractivity contribution in [3.63, 3.8) is 0 Å². The fourth-order valence-corrected chi connectivity index (χ4v) is 1.71. The molecule has 3 nitrogen and oxygen atoms in total. The topological polar surface area (TPSA) is 43.8 Å². The monoisotopic (exact) mass is 269 g/mol. The normalized spacial score (nSPS) is 10.5. The van der Waals surface area contributed by atoms with Crippen LogP contribution < -0.4 is 5.73 Å². The van der Waals surface area contributed by atoms with Gasteiger partial charge in [0.15, 0.2) is 0 Å². The van der Waals surface area contributed by atoms with Crippen LogP contribution in [-0.4, -0.2) is 9.78 Å². The molecule has 0 spiro atoms. The fraction of sp³-hybridized carbons (Fsp3) is 0.100. The van der Waals surface area contributed by atoms with Crippen LogP contribution in [0.2, 0.25) is 0 Å². The van der Waals surface area contributed by atoms with Crippen molar-refractivity contribution in [2.24, 2.45) is 0 Å². The maximum Gasteiger partial charge on any atom is 0.128 e. The van der Waals surface area contributed by atoms with Crippen molar-refractivity contribution in [2.45, 2.75) is 6.54 Å². The van der Waals surface area contributed by atoms with E-state index in [1.165, 1.54) is 6.07 Å². The van der Waals surface area contributed by atoms with E-state index >= 15 is 0 Å². The summed E-state index contributed by atoms with van der Waals surface area (Å²) < 4.78 is 15.8. The summed E-state index contributed by atoms with van der Waals surface area (Å²) in [6.45, 7) is 0.337. The minimum absolute atomic E-state index is 0.256. The third-order valence-electron chi connectivity index (χ3n) is 2.08. The molecule has 0 bridgehead atoms. The first-order chi connectivity index (χ1) is 7.16. The van der Waals surface area contributed by atoms with Crippen molar-refractivity contribution in [1.82, 2.24) is 9.78 Å². The van der Waals surface area contributed by atoms with Crippen LogP contribution in [0.5, 0.6) is 0 Å². The molecule has 0 aliphatic heterocycles. The van der Waals surface area contributed by atoms with Crippen molar-refractivity contribution < 1.29 is 4.39 Å². The fourth-order valence-electron chi connectivity index (χ4n) is 1.30. The van der Waals surface area contributed by atoms with E-state index in [1.54, 1.807) is 29.1 Å². The van der Waals surface area contributed by atoms with E-state index in [0.717, 1.165) is 4.47 Å². The number of nitrogen functional groups attached to an aromatic ring is 1. The van der Waals surface area contributed by atoms with Crippen LogP contribution in [-0.2, 0) is 6.54 Å². The van der Waals surface area contributed by atoms with Crippen molar-refractivity contribution in [3.05, 3.63) is 46.3 Å². The highest BCUT2D eigenvalue weighted by Gasteiger charge is 2.05. The highest BCUT2D eigenvalue weighted by molar-refractivity contribution is 9.10. The molecule has 1 heterocycles. The maximum absolute atomic E-state index is 13.4. The summed E-state index contributed by atoms with van der Waals surface area (Å²) in [7, 11) is 0. The smallest absolute Gasteiger partial charge is 0.128 e. The molecule has 0 amide bonds. The van der Waals surface area contributed by atoms with Gasteiger partial charge in [-0.1, -0.05) is 15.9 Å². The van der Waals surface area contributed by atoms with Gasteiger partial charge in [0.05, 0.1) is 12.7 Å². The Kier molecular flexibility index (Phi) is 2.73. The van der Waals surface area contributed by atoms with Crippen LogP contribution in [0.3, 0.4) is 0 Å². The number of hydrogen-bond acceptors (Lipinski definition) is 2. The van der Waals surface area contributed by atoms with Crippen LogP contribution >= 0.6 is 15.9 Å². The van der Waals surface area contributed by atoms with Gasteiger partial charge in [0.1, 0.15) is 11.6 Å². The van der Waals surface area contributed by atoms with Crippen molar-refractivity contribution in [3.8, 4) is 0 Å². The SMILES string of the molecule is Nc1ccnn1Cc1cc(Br)ccc1F. The highest BCUT2D eigenvalue weighted by Crippen LogP contribution is 2.17. The van der Waals surface area contributed by atoms with Crippen LogP contribution in [0.1, 0.15) is 5.56 Å². The summed E-state index contributed by atoms with van der Waals surface area (Å²) in [4.78, 5) is 0. The second-order valence-electron chi connectivity index (χ2n) is 3.15. The predicted octanol–water partition coefficient (Wildman–Crippen LogP) is 2.42. The largest absolute Gasteiger partial charge is 0.384 e. The molecular formula is C10H9BrFN3. The first kappa shape index (κ1) is 10.2. The van der Waals surface area contributed by atoms with Crippen molar-refractivity contribution in [1.29, 1.82) is 0 Å². The van der Waals surface area contributed by atoms with Gasteiger partial charge in [0, 0.05) is 10.0 Å². The number of anilines is 1. The molecule has 2 rings (SSSR count). The summed E-state index contributed by atoms with van der Waals surface area (Å²) in [6.07, 6.45) is 1.59. The van der Waals surface area contributed by atoms with Gasteiger partial charge in [0.2, 0.25) is 0 Å². The van der Waals surface area contributed by atoms with Gasteiger partial charge >= 0.3 is 0 Å². The van der Waals surface area contributed by atoms with Crippen molar-refractivity contribution in [2.75, 3.05) is 5.73 Å². The highest BCUT2D eigenvalue weighted by atomic mass is 79.9. The molecule has 0 aliphatic rings. The number of nitrogens with two attached hydrogens (primary N) is 1. The molecule has 78 valence electrons. The Morgan fingerprint density at radius 2 is 2.20 bits per heavy atom. The molecule has 0 atom stereocenters. The Balaban J connectivity index is 2.32. The Morgan fingerprint density at radius 3 is 2.87 bits per heavy atom. The molecule has 0 saturated carbocycles. The molecule has 1 aromatic heterocycles. The molecule has 0 aliphatic carbocycles. The molecule has 2 N–H and O–H groups in total. The van der Waals surface area contributed by atoms with E-state index in [4.69, 9.17) is 5.73 Å². The lowest BCUT2D eigenvalue weighted by Gasteiger charge is -2.05. The zero-order valence-corrected chi connectivity index (χ0v) is 9.41. The number of hydrogen-bond donors (Lipinski definition) is 1. The van der Waals surface area contributed by atoms with Gasteiger partial charge in [-0.15, -0.1) is 0 Å². The number of benzene rings is 1. The number of nitrogens with zero attached hydrogens (tertiary/aromatic N) is 2. The second-order valence-corrected chi connectivity index (χ2v) is 4.07. The van der Waals surface area contributed by atoms with E-state index in [9.17, 15) is 4.39 Å². The van der Waals surface area contributed by atoms with Crippen LogP contribution in [0, 0.1) is 5.82 Å². The van der Waals surface area contributed by atoms with E-state index in [1.807, 2.05) is 0 Å². The molecule has 15 heavy (non-hydrogen) atoms. The van der Waals surface area contributed by atoms with Gasteiger partial charge in [-0.05, 0) is 24.3 Å². The average molecular weight is 270 g/mol. The van der Waals surface area contributed by atoms with E-state index in [-0.39, 0.29) is 5.82 Å². The molecule has 0 unspecified atom stereocenters. The van der Waals surface area contributed by atoms with Crippen molar-refractivity contribution >= 4 is 21.7 Å². The zero-order chi connectivity index (χ0) is 10.8. The Morgan fingerprint density at radius 1 is 1.40 bits per heavy atom. The molecule has 5 heteroatoms. The first-order valence-electron chi connectivity index (χ1n) is 4.38. The Bertz CT molecular complexity index is 481. The zero-order valence-electron chi connectivity index (χ0n) is 7.82. The molecule has 0 saturated heterocycles. The van der Waals surface area contributed by atoms with Crippen LogP contribution in [0.15, 0.2) is 34.9 Å². The van der Waals surface area contributed by atoms with Crippen LogP contribution in [0.25, 0.3) is 0 Å². The number of halogens is 2. The third kappa shape index (κ3) is 2.18.